The summed E-state index contributed by atoms with van der Waals surface area (Å²) in [6.45, 7) is 12.4. The zero-order valence-electron chi connectivity index (χ0n) is 28.0. The Morgan fingerprint density at radius 3 is 2.47 bits per heavy atom. The summed E-state index contributed by atoms with van der Waals surface area (Å²) >= 11 is 0. The molecule has 47 heavy (non-hydrogen) atoms. The van der Waals surface area contributed by atoms with Crippen molar-refractivity contribution in [1.82, 2.24) is 34.7 Å². The summed E-state index contributed by atoms with van der Waals surface area (Å²) in [5, 5.41) is 7.90. The lowest BCUT2D eigenvalue weighted by Gasteiger charge is -2.43. The summed E-state index contributed by atoms with van der Waals surface area (Å²) in [4.78, 5) is 31.9. The fraction of sp³-hybridized carbons (Fsp3) is 0.429. The van der Waals surface area contributed by atoms with E-state index in [0.29, 0.717) is 17.8 Å². The first-order valence-corrected chi connectivity index (χ1v) is 16.6. The number of aromatic amines is 1. The van der Waals surface area contributed by atoms with E-state index in [1.807, 2.05) is 43.4 Å². The second-order valence-electron chi connectivity index (χ2n) is 12.7. The van der Waals surface area contributed by atoms with Crippen molar-refractivity contribution in [3.63, 3.8) is 0 Å². The number of fused-ring (bicyclic) bond motifs is 2. The Morgan fingerprint density at radius 2 is 1.72 bits per heavy atom. The molecule has 12 nitrogen and oxygen atoms in total. The van der Waals surface area contributed by atoms with Crippen molar-refractivity contribution in [3.8, 4) is 5.75 Å². The summed E-state index contributed by atoms with van der Waals surface area (Å²) in [5.74, 6) is 1.90. The molecule has 0 bridgehead atoms. The highest BCUT2D eigenvalue weighted by atomic mass is 16.5. The number of hydrogen-bond acceptors (Lipinski definition) is 11. The molecule has 0 unspecified atom stereocenters. The summed E-state index contributed by atoms with van der Waals surface area (Å²) in [6, 6.07) is 10.9. The minimum Gasteiger partial charge on any atom is -0.494 e. The van der Waals surface area contributed by atoms with Gasteiger partial charge in [0.15, 0.2) is 0 Å². The monoisotopic (exact) mass is 635 g/mol. The molecular weight excluding hydrogens is 590 g/mol. The Morgan fingerprint density at radius 1 is 0.936 bits per heavy atom. The number of aromatic nitrogens is 5. The largest absolute Gasteiger partial charge is 0.494 e. The lowest BCUT2D eigenvalue weighted by atomic mass is 10.0. The molecule has 0 atom stereocenters. The van der Waals surface area contributed by atoms with Crippen molar-refractivity contribution in [2.24, 2.45) is 0 Å². The Kier molecular flexibility index (Phi) is 8.70. The molecule has 3 aromatic heterocycles. The Bertz CT molecular complexity index is 1860. The van der Waals surface area contributed by atoms with Crippen LogP contribution in [0.3, 0.4) is 0 Å². The second kappa shape index (κ2) is 13.2. The number of piperidine rings is 1. The molecule has 2 saturated heterocycles. The first kappa shape index (κ1) is 30.9. The van der Waals surface area contributed by atoms with Gasteiger partial charge in [0.25, 0.3) is 0 Å². The van der Waals surface area contributed by atoms with Crippen LogP contribution < -0.4 is 25.2 Å². The van der Waals surface area contributed by atoms with Crippen molar-refractivity contribution in [2.45, 2.75) is 32.7 Å². The van der Waals surface area contributed by atoms with E-state index >= 15 is 0 Å². The maximum absolute atomic E-state index is 5.92. The first-order chi connectivity index (χ1) is 22.9. The number of H-pyrrole nitrogens is 1. The van der Waals surface area contributed by atoms with E-state index in [1.165, 1.54) is 50.3 Å². The predicted octanol–water partition coefficient (Wildman–Crippen LogP) is 5.38. The van der Waals surface area contributed by atoms with E-state index < -0.39 is 0 Å². The molecule has 7 rings (SSSR count). The van der Waals surface area contributed by atoms with Crippen molar-refractivity contribution in [1.29, 1.82) is 0 Å². The number of benzene rings is 2. The highest BCUT2D eigenvalue weighted by Crippen LogP contribution is 2.38. The number of rotatable bonds is 9. The number of piperazine rings is 1. The number of likely N-dealkylation sites (N-methyl/N-ethyl adjacent to an activating group) is 1. The first-order valence-electron chi connectivity index (χ1n) is 16.6. The van der Waals surface area contributed by atoms with Crippen LogP contribution in [0.5, 0.6) is 5.75 Å². The maximum atomic E-state index is 5.92. The minimum absolute atomic E-state index is 0.462. The molecule has 3 N–H and O–H groups in total. The van der Waals surface area contributed by atoms with Gasteiger partial charge < -0.3 is 35.1 Å². The van der Waals surface area contributed by atoms with E-state index in [-0.39, 0.29) is 0 Å². The number of nitrogens with zero attached hydrogens (tertiary/aromatic N) is 8. The third-order valence-electron chi connectivity index (χ3n) is 9.67. The van der Waals surface area contributed by atoms with Crippen LogP contribution in [-0.4, -0.2) is 108 Å². The van der Waals surface area contributed by atoms with Crippen molar-refractivity contribution in [2.75, 3.05) is 87.5 Å². The molecule has 2 aromatic carbocycles. The number of hydrogen-bond donors (Lipinski definition) is 3. The smallest absolute Gasteiger partial charge is 0.231 e. The van der Waals surface area contributed by atoms with E-state index in [1.54, 1.807) is 19.5 Å². The molecule has 0 spiro atoms. The molecule has 246 valence electrons. The van der Waals surface area contributed by atoms with E-state index in [2.05, 4.69) is 66.3 Å². The van der Waals surface area contributed by atoms with Crippen molar-refractivity contribution >= 4 is 56.6 Å². The highest BCUT2D eigenvalue weighted by molar-refractivity contribution is 5.99. The zero-order chi connectivity index (χ0) is 32.5. The standard InChI is InChI=1S/C35H45N11O/c1-6-44-17-19-45(20-18-44)24-10-15-46(16-11-24)29-22-30(47-5)28(21-23(29)2)40-35-41-33-25(9-12-38-33)34(42-35)39-27-8-7-26-31(32(27)43(3)4)37-14-13-36-26/h7-9,12-14,21-22,24H,6,10-11,15-20H2,1-5H3,(H3,38,39,40,41,42). The lowest BCUT2D eigenvalue weighted by Crippen LogP contribution is -2.53. The molecule has 2 aliphatic rings. The van der Waals surface area contributed by atoms with Gasteiger partial charge in [0.2, 0.25) is 5.95 Å². The molecular formula is C35H45N11O. The molecule has 2 fully saturated rings. The third kappa shape index (κ3) is 6.22. The van der Waals surface area contributed by atoms with Crippen LogP contribution in [-0.2, 0) is 0 Å². The fourth-order valence-corrected chi connectivity index (χ4v) is 7.12. The van der Waals surface area contributed by atoms with E-state index in [0.717, 1.165) is 64.5 Å². The molecule has 5 heterocycles. The summed E-state index contributed by atoms with van der Waals surface area (Å²) in [6.07, 6.45) is 7.68. The molecule has 0 amide bonds. The van der Waals surface area contributed by atoms with Gasteiger partial charge in [0.1, 0.15) is 22.7 Å². The van der Waals surface area contributed by atoms with Crippen LogP contribution in [0.15, 0.2) is 48.9 Å². The second-order valence-corrected chi connectivity index (χ2v) is 12.7. The van der Waals surface area contributed by atoms with Gasteiger partial charge in [-0.1, -0.05) is 6.92 Å². The molecule has 2 aliphatic heterocycles. The Labute approximate surface area is 276 Å². The van der Waals surface area contributed by atoms with Crippen LogP contribution in [0.4, 0.5) is 34.5 Å². The quantitative estimate of drug-likeness (QED) is 0.194. The van der Waals surface area contributed by atoms with Crippen LogP contribution in [0.2, 0.25) is 0 Å². The number of anilines is 6. The summed E-state index contributed by atoms with van der Waals surface area (Å²) < 4.78 is 5.92. The molecule has 0 radical (unpaired) electrons. The van der Waals surface area contributed by atoms with Gasteiger partial charge in [-0.3, -0.25) is 14.9 Å². The minimum atomic E-state index is 0.462. The molecule has 12 heteroatoms. The third-order valence-corrected chi connectivity index (χ3v) is 9.67. The van der Waals surface area contributed by atoms with Gasteiger partial charge in [-0.05, 0) is 56.1 Å². The average Bonchev–Trinajstić information content (AvgIpc) is 3.57. The Hall–Kier alpha value is -4.68. The summed E-state index contributed by atoms with van der Waals surface area (Å²) in [5.41, 5.74) is 7.42. The number of nitrogens with one attached hydrogen (secondary N) is 3. The maximum Gasteiger partial charge on any atom is 0.231 e. The molecule has 0 aliphatic carbocycles. The van der Waals surface area contributed by atoms with Crippen molar-refractivity contribution in [3.05, 3.63) is 54.5 Å². The van der Waals surface area contributed by atoms with E-state index in [4.69, 9.17) is 14.7 Å². The summed E-state index contributed by atoms with van der Waals surface area (Å²) in [7, 11) is 5.72. The fourth-order valence-electron chi connectivity index (χ4n) is 7.12. The topological polar surface area (TPSA) is 114 Å². The van der Waals surface area contributed by atoms with Gasteiger partial charge in [-0.15, -0.1) is 0 Å². The SMILES string of the molecule is CCN1CCN(C2CCN(c3cc(OC)c(Nc4nc(Nc5ccc6nccnc6c5N(C)C)c5cc[nH]c5n4)cc3C)CC2)CC1. The molecule has 0 saturated carbocycles. The van der Waals surface area contributed by atoms with Gasteiger partial charge in [0, 0.05) is 89.8 Å². The van der Waals surface area contributed by atoms with Gasteiger partial charge in [0.05, 0.1) is 35.1 Å². The van der Waals surface area contributed by atoms with E-state index in [9.17, 15) is 0 Å². The Balaban J connectivity index is 1.12. The van der Waals surface area contributed by atoms with Crippen LogP contribution in [0.1, 0.15) is 25.3 Å². The lowest BCUT2D eigenvalue weighted by molar-refractivity contribution is 0.0878. The van der Waals surface area contributed by atoms with Crippen LogP contribution >= 0.6 is 0 Å². The number of methoxy groups -OCH3 is 1. The predicted molar refractivity (Wildman–Crippen MR) is 191 cm³/mol. The van der Waals surface area contributed by atoms with Gasteiger partial charge >= 0.3 is 0 Å². The zero-order valence-corrected chi connectivity index (χ0v) is 28.0. The van der Waals surface area contributed by atoms with Crippen LogP contribution in [0, 0.1) is 6.92 Å². The average molecular weight is 636 g/mol. The van der Waals surface area contributed by atoms with Gasteiger partial charge in [-0.2, -0.15) is 9.97 Å². The number of aryl methyl sites for hydroxylation is 1. The number of ether oxygens (including phenoxy) is 1. The highest BCUT2D eigenvalue weighted by Gasteiger charge is 2.28. The van der Waals surface area contributed by atoms with Crippen molar-refractivity contribution < 1.29 is 4.74 Å². The normalized spacial score (nSPS) is 16.6. The van der Waals surface area contributed by atoms with Gasteiger partial charge in [-0.25, -0.2) is 0 Å². The van der Waals surface area contributed by atoms with Crippen LogP contribution in [0.25, 0.3) is 22.1 Å². The molecule has 5 aromatic rings.